The fourth-order valence-corrected chi connectivity index (χ4v) is 1.76. The molecule has 2 rings (SSSR count). The van der Waals surface area contributed by atoms with E-state index in [2.05, 4.69) is 4.98 Å². The maximum absolute atomic E-state index is 11.4. The number of nitrogen functional groups attached to an aromatic ring is 1. The molecule has 0 fully saturated rings. The summed E-state index contributed by atoms with van der Waals surface area (Å²) in [4.78, 5) is 15.1. The van der Waals surface area contributed by atoms with Gasteiger partial charge in [-0.1, -0.05) is 29.8 Å². The first kappa shape index (κ1) is 11.7. The van der Waals surface area contributed by atoms with Crippen molar-refractivity contribution in [2.75, 3.05) is 5.73 Å². The Morgan fingerprint density at radius 1 is 1.35 bits per heavy atom. The Balaban J connectivity index is 2.15. The summed E-state index contributed by atoms with van der Waals surface area (Å²) in [5.74, 6) is 0. The van der Waals surface area contributed by atoms with Gasteiger partial charge in [-0.3, -0.25) is 4.57 Å². The summed E-state index contributed by atoms with van der Waals surface area (Å²) in [6.45, 7) is 0.514. The van der Waals surface area contributed by atoms with E-state index >= 15 is 0 Å². The molecule has 0 spiro atoms. The molecule has 17 heavy (non-hydrogen) atoms. The Labute approximate surface area is 104 Å². The summed E-state index contributed by atoms with van der Waals surface area (Å²) in [6.07, 6.45) is 3.60. The van der Waals surface area contributed by atoms with Gasteiger partial charge in [-0.25, -0.2) is 9.78 Å². The minimum atomic E-state index is -0.302. The zero-order valence-electron chi connectivity index (χ0n) is 9.14. The predicted molar refractivity (Wildman–Crippen MR) is 68.1 cm³/mol. The molecule has 2 aromatic rings. The van der Waals surface area contributed by atoms with Crippen molar-refractivity contribution in [3.63, 3.8) is 0 Å². The Hall–Kier alpha value is -1.81. The van der Waals surface area contributed by atoms with Crippen LogP contribution < -0.4 is 11.4 Å². The fraction of sp³-hybridized carbons (Fsp3) is 0.167. The zero-order chi connectivity index (χ0) is 12.3. The number of para-hydroxylation sites is 1. The zero-order valence-corrected chi connectivity index (χ0v) is 9.89. The van der Waals surface area contributed by atoms with Crippen LogP contribution in [0.4, 0.5) is 5.69 Å². The maximum atomic E-state index is 11.4. The number of hydrogen-bond acceptors (Lipinski definition) is 3. The molecule has 1 aromatic heterocycles. The number of rotatable bonds is 3. The minimum absolute atomic E-state index is 0.302. The Morgan fingerprint density at radius 2 is 2.12 bits per heavy atom. The summed E-state index contributed by atoms with van der Waals surface area (Å²) in [5.41, 5.74) is 7.27. The van der Waals surface area contributed by atoms with Gasteiger partial charge in [0, 0.05) is 18.4 Å². The molecule has 1 aromatic carbocycles. The highest BCUT2D eigenvalue weighted by Gasteiger charge is 2.01. The molecule has 0 radical (unpaired) electrons. The monoisotopic (exact) mass is 249 g/mol. The molecular weight excluding hydrogens is 238 g/mol. The highest BCUT2D eigenvalue weighted by molar-refractivity contribution is 6.30. The third-order valence-corrected chi connectivity index (χ3v) is 2.70. The van der Waals surface area contributed by atoms with E-state index in [0.29, 0.717) is 18.0 Å². The van der Waals surface area contributed by atoms with Crippen LogP contribution in [0.15, 0.2) is 41.5 Å². The van der Waals surface area contributed by atoms with Gasteiger partial charge in [0.2, 0.25) is 0 Å². The van der Waals surface area contributed by atoms with Crippen molar-refractivity contribution in [3.8, 4) is 0 Å². The standard InChI is InChI=1S/C12H12ClN3O/c13-10-7-15-12(17)16(8-10)6-5-9-3-1-2-4-11(9)14/h1-4,7-8H,5-6,14H2. The van der Waals surface area contributed by atoms with Crippen LogP contribution in [0.1, 0.15) is 5.56 Å². The average Bonchev–Trinajstić information content (AvgIpc) is 2.32. The Bertz CT molecular complexity index is 580. The molecule has 0 unspecified atom stereocenters. The molecule has 1 heterocycles. The largest absolute Gasteiger partial charge is 0.399 e. The first-order valence-electron chi connectivity index (χ1n) is 5.22. The fourth-order valence-electron chi connectivity index (χ4n) is 1.59. The molecule has 0 bridgehead atoms. The number of anilines is 1. The second-order valence-electron chi connectivity index (χ2n) is 3.70. The van der Waals surface area contributed by atoms with Crippen LogP contribution in [0.3, 0.4) is 0 Å². The predicted octanol–water partition coefficient (Wildman–Crippen LogP) is 1.72. The van der Waals surface area contributed by atoms with Crippen molar-refractivity contribution in [2.24, 2.45) is 0 Å². The van der Waals surface area contributed by atoms with Gasteiger partial charge in [0.05, 0.1) is 11.2 Å². The van der Waals surface area contributed by atoms with Crippen molar-refractivity contribution in [2.45, 2.75) is 13.0 Å². The molecule has 0 saturated heterocycles. The van der Waals surface area contributed by atoms with E-state index in [0.717, 1.165) is 11.3 Å². The van der Waals surface area contributed by atoms with E-state index in [4.69, 9.17) is 17.3 Å². The number of aromatic nitrogens is 2. The van der Waals surface area contributed by atoms with Crippen molar-refractivity contribution >= 4 is 17.3 Å². The van der Waals surface area contributed by atoms with Gasteiger partial charge in [0.1, 0.15) is 0 Å². The summed E-state index contributed by atoms with van der Waals surface area (Å²) in [5, 5.41) is 0.450. The number of nitrogens with zero attached hydrogens (tertiary/aromatic N) is 2. The van der Waals surface area contributed by atoms with Crippen molar-refractivity contribution in [1.29, 1.82) is 0 Å². The Morgan fingerprint density at radius 3 is 2.88 bits per heavy atom. The van der Waals surface area contributed by atoms with Crippen LogP contribution >= 0.6 is 11.6 Å². The van der Waals surface area contributed by atoms with Gasteiger partial charge in [-0.15, -0.1) is 0 Å². The highest BCUT2D eigenvalue weighted by atomic mass is 35.5. The molecule has 4 nitrogen and oxygen atoms in total. The SMILES string of the molecule is Nc1ccccc1CCn1cc(Cl)cnc1=O. The number of nitrogens with two attached hydrogens (primary N) is 1. The normalized spacial score (nSPS) is 10.4. The lowest BCUT2D eigenvalue weighted by atomic mass is 10.1. The quantitative estimate of drug-likeness (QED) is 0.843. The average molecular weight is 250 g/mol. The molecule has 0 amide bonds. The molecule has 0 saturated carbocycles. The Kier molecular flexibility index (Phi) is 3.44. The van der Waals surface area contributed by atoms with Gasteiger partial charge in [-0.2, -0.15) is 0 Å². The maximum Gasteiger partial charge on any atom is 0.347 e. The van der Waals surface area contributed by atoms with E-state index < -0.39 is 0 Å². The van der Waals surface area contributed by atoms with E-state index in [-0.39, 0.29) is 5.69 Å². The van der Waals surface area contributed by atoms with Gasteiger partial charge >= 0.3 is 5.69 Å². The van der Waals surface area contributed by atoms with Crippen LogP contribution in [0.25, 0.3) is 0 Å². The first-order valence-corrected chi connectivity index (χ1v) is 5.60. The number of aryl methyl sites for hydroxylation is 2. The van der Waals surface area contributed by atoms with Crippen molar-refractivity contribution in [3.05, 3.63) is 57.7 Å². The topological polar surface area (TPSA) is 60.9 Å². The van der Waals surface area contributed by atoms with Crippen LogP contribution in [-0.2, 0) is 13.0 Å². The lowest BCUT2D eigenvalue weighted by Crippen LogP contribution is -2.22. The molecule has 0 aliphatic carbocycles. The number of hydrogen-bond donors (Lipinski definition) is 1. The van der Waals surface area contributed by atoms with E-state index in [1.807, 2.05) is 24.3 Å². The lowest BCUT2D eigenvalue weighted by molar-refractivity contribution is 0.650. The van der Waals surface area contributed by atoms with Crippen LogP contribution in [0, 0.1) is 0 Å². The second kappa shape index (κ2) is 5.01. The highest BCUT2D eigenvalue weighted by Crippen LogP contribution is 2.11. The third kappa shape index (κ3) is 2.85. The second-order valence-corrected chi connectivity index (χ2v) is 4.13. The first-order chi connectivity index (χ1) is 8.16. The van der Waals surface area contributed by atoms with Gasteiger partial charge in [0.15, 0.2) is 0 Å². The molecule has 0 atom stereocenters. The van der Waals surface area contributed by atoms with Crippen LogP contribution in [0.2, 0.25) is 5.02 Å². The summed E-state index contributed by atoms with van der Waals surface area (Å²) in [6, 6.07) is 7.59. The minimum Gasteiger partial charge on any atom is -0.399 e. The smallest absolute Gasteiger partial charge is 0.347 e. The van der Waals surface area contributed by atoms with Crippen LogP contribution in [0.5, 0.6) is 0 Å². The van der Waals surface area contributed by atoms with E-state index in [1.54, 1.807) is 6.20 Å². The number of halogens is 1. The van der Waals surface area contributed by atoms with Gasteiger partial charge in [0.25, 0.3) is 0 Å². The van der Waals surface area contributed by atoms with Gasteiger partial charge < -0.3 is 5.73 Å². The summed E-state index contributed by atoms with van der Waals surface area (Å²) >= 11 is 5.78. The molecule has 0 aliphatic rings. The molecule has 0 aliphatic heterocycles. The summed E-state index contributed by atoms with van der Waals surface area (Å²) in [7, 11) is 0. The molecule has 5 heteroatoms. The lowest BCUT2D eigenvalue weighted by Gasteiger charge is -2.07. The van der Waals surface area contributed by atoms with E-state index in [9.17, 15) is 4.79 Å². The number of benzene rings is 1. The van der Waals surface area contributed by atoms with Crippen LogP contribution in [-0.4, -0.2) is 9.55 Å². The van der Waals surface area contributed by atoms with Crippen molar-refractivity contribution < 1.29 is 0 Å². The molecule has 88 valence electrons. The third-order valence-electron chi connectivity index (χ3n) is 2.50. The molecule has 2 N–H and O–H groups in total. The summed E-state index contributed by atoms with van der Waals surface area (Å²) < 4.78 is 1.48. The van der Waals surface area contributed by atoms with E-state index in [1.165, 1.54) is 10.8 Å². The van der Waals surface area contributed by atoms with Crippen molar-refractivity contribution in [1.82, 2.24) is 9.55 Å². The molecular formula is C12H12ClN3O. The van der Waals surface area contributed by atoms with Gasteiger partial charge in [-0.05, 0) is 18.1 Å².